The van der Waals surface area contributed by atoms with Crippen molar-refractivity contribution >= 4 is 46.3 Å². The Morgan fingerprint density at radius 1 is 1.20 bits per heavy atom. The first-order valence-corrected chi connectivity index (χ1v) is 12.0. The first-order valence-electron chi connectivity index (χ1n) is 10.4. The van der Waals surface area contributed by atoms with E-state index >= 15 is 0 Å². The van der Waals surface area contributed by atoms with Crippen LogP contribution < -0.4 is 10.0 Å². The second kappa shape index (κ2) is 11.0. The lowest BCUT2D eigenvalue weighted by atomic mass is 9.91. The highest BCUT2D eigenvalue weighted by Gasteiger charge is 2.34. The minimum atomic E-state index is -0.931. The van der Waals surface area contributed by atoms with Crippen LogP contribution in [-0.4, -0.2) is 69.5 Å². The SMILES string of the molecule is CC(=O)N1CCC(N(C(=O)Nc2ncc(SNCC(=O)O)s2)C2CCCCC2)CC1. The third-order valence-corrected chi connectivity index (χ3v) is 7.40. The molecule has 1 aliphatic carbocycles. The minimum absolute atomic E-state index is 0.0893. The van der Waals surface area contributed by atoms with Crippen LogP contribution >= 0.6 is 23.3 Å². The Morgan fingerprint density at radius 3 is 2.50 bits per heavy atom. The summed E-state index contributed by atoms with van der Waals surface area (Å²) in [6.07, 6.45) is 8.71. The Morgan fingerprint density at radius 2 is 1.87 bits per heavy atom. The molecule has 3 amide bonds. The molecule has 0 radical (unpaired) electrons. The van der Waals surface area contributed by atoms with Gasteiger partial charge in [-0.2, -0.15) is 0 Å². The number of carbonyl (C=O) groups is 3. The lowest BCUT2D eigenvalue weighted by Crippen LogP contribution is -2.54. The topological polar surface area (TPSA) is 115 Å². The maximum absolute atomic E-state index is 13.2. The van der Waals surface area contributed by atoms with Crippen LogP contribution in [0.4, 0.5) is 9.93 Å². The molecule has 1 saturated heterocycles. The Kier molecular flexibility index (Phi) is 8.34. The molecule has 3 N–H and O–H groups in total. The number of anilines is 1. The summed E-state index contributed by atoms with van der Waals surface area (Å²) in [5, 5.41) is 12.1. The van der Waals surface area contributed by atoms with Crippen molar-refractivity contribution in [2.24, 2.45) is 0 Å². The van der Waals surface area contributed by atoms with Crippen molar-refractivity contribution in [3.05, 3.63) is 6.20 Å². The van der Waals surface area contributed by atoms with Gasteiger partial charge >= 0.3 is 12.0 Å². The molecule has 9 nitrogen and oxygen atoms in total. The lowest BCUT2D eigenvalue weighted by Gasteiger charge is -2.43. The van der Waals surface area contributed by atoms with Crippen molar-refractivity contribution < 1.29 is 19.5 Å². The van der Waals surface area contributed by atoms with Crippen molar-refractivity contribution in [1.29, 1.82) is 0 Å². The number of thiazole rings is 1. The van der Waals surface area contributed by atoms with Gasteiger partial charge < -0.3 is 14.9 Å². The molecule has 30 heavy (non-hydrogen) atoms. The van der Waals surface area contributed by atoms with Crippen LogP contribution in [0.25, 0.3) is 0 Å². The van der Waals surface area contributed by atoms with Gasteiger partial charge in [-0.05, 0) is 37.6 Å². The number of aliphatic carboxylic acids is 1. The monoisotopic (exact) mass is 455 g/mol. The van der Waals surface area contributed by atoms with E-state index < -0.39 is 5.97 Å². The largest absolute Gasteiger partial charge is 0.480 e. The van der Waals surface area contributed by atoms with E-state index in [-0.39, 0.29) is 30.6 Å². The molecule has 2 aliphatic rings. The maximum Gasteiger partial charge on any atom is 0.324 e. The smallest absolute Gasteiger partial charge is 0.324 e. The molecule has 1 aliphatic heterocycles. The van der Waals surface area contributed by atoms with Crippen LogP contribution in [0.5, 0.6) is 0 Å². The summed E-state index contributed by atoms with van der Waals surface area (Å²) >= 11 is 2.50. The van der Waals surface area contributed by atoms with Crippen LogP contribution in [0, 0.1) is 0 Å². The standard InChI is InChI=1S/C19H29N5O4S2/c1-13(25)23-9-7-15(8-10-23)24(14-5-3-2-4-6-14)19(28)22-18-20-12-17(29-18)30-21-11-16(26)27/h12,14-15,21H,2-11H2,1H3,(H,26,27)(H,20,22,28). The average Bonchev–Trinajstić information content (AvgIpc) is 3.16. The van der Waals surface area contributed by atoms with Gasteiger partial charge in [-0.25, -0.2) is 14.5 Å². The summed E-state index contributed by atoms with van der Waals surface area (Å²) < 4.78 is 3.52. The molecule has 1 aromatic rings. The Balaban J connectivity index is 1.63. The molecule has 0 aromatic carbocycles. The van der Waals surface area contributed by atoms with Crippen molar-refractivity contribution in [2.75, 3.05) is 25.0 Å². The number of carbonyl (C=O) groups excluding carboxylic acids is 2. The lowest BCUT2D eigenvalue weighted by molar-refractivity contribution is -0.135. The van der Waals surface area contributed by atoms with Gasteiger partial charge in [-0.15, -0.1) is 0 Å². The third-order valence-electron chi connectivity index (χ3n) is 5.60. The molecule has 0 unspecified atom stereocenters. The summed E-state index contributed by atoms with van der Waals surface area (Å²) in [5.41, 5.74) is 0. The molecule has 2 fully saturated rings. The predicted octanol–water partition coefficient (Wildman–Crippen LogP) is 3.00. The maximum atomic E-state index is 13.2. The highest BCUT2D eigenvalue weighted by atomic mass is 32.2. The summed E-state index contributed by atoms with van der Waals surface area (Å²) in [4.78, 5) is 43.6. The van der Waals surface area contributed by atoms with Gasteiger partial charge in [0.1, 0.15) is 6.54 Å². The molecule has 3 rings (SSSR count). The van der Waals surface area contributed by atoms with Gasteiger partial charge in [0, 0.05) is 32.1 Å². The number of nitrogens with zero attached hydrogens (tertiary/aromatic N) is 3. The van der Waals surface area contributed by atoms with E-state index in [9.17, 15) is 14.4 Å². The van der Waals surface area contributed by atoms with Crippen LogP contribution in [-0.2, 0) is 9.59 Å². The van der Waals surface area contributed by atoms with E-state index in [1.807, 2.05) is 9.80 Å². The van der Waals surface area contributed by atoms with Crippen LogP contribution in [0.3, 0.4) is 0 Å². The molecular formula is C19H29N5O4S2. The van der Waals surface area contributed by atoms with Gasteiger partial charge in [-0.1, -0.05) is 30.6 Å². The van der Waals surface area contributed by atoms with Crippen molar-refractivity contribution in [3.63, 3.8) is 0 Å². The number of rotatable bonds is 7. The molecule has 0 bridgehead atoms. The second-order valence-electron chi connectivity index (χ2n) is 7.67. The number of carboxylic acid groups (broad SMARTS) is 1. The van der Waals surface area contributed by atoms with Crippen LogP contribution in [0.1, 0.15) is 51.9 Å². The molecule has 1 aromatic heterocycles. The Hall–Kier alpha value is -1.85. The quantitative estimate of drug-likeness (QED) is 0.541. The minimum Gasteiger partial charge on any atom is -0.480 e. The highest BCUT2D eigenvalue weighted by Crippen LogP contribution is 2.30. The molecule has 11 heteroatoms. The molecule has 166 valence electrons. The van der Waals surface area contributed by atoms with E-state index in [1.54, 1.807) is 13.1 Å². The fraction of sp³-hybridized carbons (Fsp3) is 0.684. The molecule has 0 spiro atoms. The number of likely N-dealkylation sites (tertiary alicyclic amines) is 1. The van der Waals surface area contributed by atoms with Crippen LogP contribution in [0.2, 0.25) is 0 Å². The fourth-order valence-corrected chi connectivity index (χ4v) is 5.70. The van der Waals surface area contributed by atoms with E-state index in [0.717, 1.165) is 42.7 Å². The summed E-state index contributed by atoms with van der Waals surface area (Å²) in [5.74, 6) is -0.842. The number of carboxylic acids is 1. The number of urea groups is 1. The highest BCUT2D eigenvalue weighted by molar-refractivity contribution is 7.99. The van der Waals surface area contributed by atoms with Crippen molar-refractivity contribution in [3.8, 4) is 0 Å². The van der Waals surface area contributed by atoms with E-state index in [0.29, 0.717) is 18.2 Å². The van der Waals surface area contributed by atoms with E-state index in [1.165, 1.54) is 29.7 Å². The van der Waals surface area contributed by atoms with Gasteiger partial charge in [0.25, 0.3) is 0 Å². The first-order chi connectivity index (χ1) is 14.4. The number of amides is 3. The zero-order valence-electron chi connectivity index (χ0n) is 17.1. The van der Waals surface area contributed by atoms with Gasteiger partial charge in [0.15, 0.2) is 5.13 Å². The number of piperidine rings is 1. The number of hydrogen-bond acceptors (Lipinski definition) is 7. The third kappa shape index (κ3) is 6.32. The molecule has 2 heterocycles. The molecule has 0 atom stereocenters. The van der Waals surface area contributed by atoms with E-state index in [4.69, 9.17) is 5.11 Å². The van der Waals surface area contributed by atoms with Crippen LogP contribution in [0.15, 0.2) is 10.4 Å². The van der Waals surface area contributed by atoms with Gasteiger partial charge in [0.05, 0.1) is 10.4 Å². The predicted molar refractivity (Wildman–Crippen MR) is 117 cm³/mol. The zero-order valence-corrected chi connectivity index (χ0v) is 18.8. The Bertz CT molecular complexity index is 745. The number of aromatic nitrogens is 1. The summed E-state index contributed by atoms with van der Waals surface area (Å²) in [6.45, 7) is 2.81. The molecular weight excluding hydrogens is 426 g/mol. The second-order valence-corrected chi connectivity index (χ2v) is 9.89. The summed E-state index contributed by atoms with van der Waals surface area (Å²) in [6, 6.07) is 0.209. The van der Waals surface area contributed by atoms with Gasteiger partial charge in [0.2, 0.25) is 5.91 Å². The van der Waals surface area contributed by atoms with Crippen molar-refractivity contribution in [1.82, 2.24) is 19.5 Å². The Labute approximate surface area is 184 Å². The summed E-state index contributed by atoms with van der Waals surface area (Å²) in [7, 11) is 0. The van der Waals surface area contributed by atoms with Gasteiger partial charge in [-0.3, -0.25) is 14.9 Å². The van der Waals surface area contributed by atoms with Crippen molar-refractivity contribution in [2.45, 2.75) is 68.2 Å². The van der Waals surface area contributed by atoms with E-state index in [2.05, 4.69) is 15.0 Å². The first kappa shape index (κ1) is 22.8. The fourth-order valence-electron chi connectivity index (χ4n) is 4.14. The number of hydrogen-bond donors (Lipinski definition) is 3. The normalized spacial score (nSPS) is 18.2. The zero-order chi connectivity index (χ0) is 21.5. The molecule has 1 saturated carbocycles. The number of nitrogens with one attached hydrogen (secondary N) is 2. The average molecular weight is 456 g/mol.